The van der Waals surface area contributed by atoms with Crippen molar-refractivity contribution in [2.24, 2.45) is 5.92 Å². The van der Waals surface area contributed by atoms with Crippen LogP contribution < -0.4 is 19.5 Å². The second-order valence-corrected chi connectivity index (χ2v) is 8.88. The summed E-state index contributed by atoms with van der Waals surface area (Å²) >= 11 is 1.26. The molecule has 1 heterocycles. The van der Waals surface area contributed by atoms with E-state index in [0.717, 1.165) is 0 Å². The molecule has 1 unspecified atom stereocenters. The Morgan fingerprint density at radius 1 is 1.09 bits per heavy atom. The van der Waals surface area contributed by atoms with E-state index in [1.807, 2.05) is 4.57 Å². The second-order valence-electron chi connectivity index (χ2n) is 7.94. The number of rotatable bonds is 11. The maximum absolute atomic E-state index is 14.0. The predicted molar refractivity (Wildman–Crippen MR) is 129 cm³/mol. The van der Waals surface area contributed by atoms with Crippen molar-refractivity contribution < 1.29 is 23.4 Å². The van der Waals surface area contributed by atoms with E-state index < -0.39 is 11.9 Å². The van der Waals surface area contributed by atoms with Gasteiger partial charge in [-0.1, -0.05) is 37.7 Å². The topological polar surface area (TPSA) is 87.5 Å². The average Bonchev–Trinajstić information content (AvgIpc) is 3.21. The molecule has 1 N–H and O–H groups in total. The number of carbonyl (C=O) groups excluding carboxylic acids is 1. The zero-order valence-corrected chi connectivity index (χ0v) is 20.7. The summed E-state index contributed by atoms with van der Waals surface area (Å²) in [5.41, 5.74) is 0.517. The van der Waals surface area contributed by atoms with Crippen LogP contribution in [0.2, 0.25) is 0 Å². The Labute approximate surface area is 202 Å². The minimum atomic E-state index is -0.535. The van der Waals surface area contributed by atoms with Crippen LogP contribution in [0.25, 0.3) is 0 Å². The number of aromatic nitrogens is 3. The maximum atomic E-state index is 14.0. The summed E-state index contributed by atoms with van der Waals surface area (Å²) in [4.78, 5) is 12.7. The van der Waals surface area contributed by atoms with Crippen molar-refractivity contribution >= 4 is 23.4 Å². The van der Waals surface area contributed by atoms with E-state index in [-0.39, 0.29) is 17.4 Å². The van der Waals surface area contributed by atoms with Crippen molar-refractivity contribution in [3.8, 4) is 17.2 Å². The first kappa shape index (κ1) is 25.4. The number of anilines is 1. The summed E-state index contributed by atoms with van der Waals surface area (Å²) in [5, 5.41) is 12.0. The number of amides is 1. The fraction of sp³-hybridized carbons (Fsp3) is 0.375. The summed E-state index contributed by atoms with van der Waals surface area (Å²) in [5.74, 6) is 1.58. The zero-order chi connectivity index (χ0) is 24.7. The molecule has 0 spiro atoms. The third kappa shape index (κ3) is 6.40. The van der Waals surface area contributed by atoms with Crippen molar-refractivity contribution in [3.05, 3.63) is 54.1 Å². The first-order valence-corrected chi connectivity index (χ1v) is 11.8. The van der Waals surface area contributed by atoms with Crippen molar-refractivity contribution in [1.82, 2.24) is 14.8 Å². The summed E-state index contributed by atoms with van der Waals surface area (Å²) in [7, 11) is 3.09. The molecule has 0 fully saturated rings. The normalized spacial score (nSPS) is 11.9. The van der Waals surface area contributed by atoms with E-state index >= 15 is 0 Å². The molecule has 1 atom stereocenters. The van der Waals surface area contributed by atoms with Crippen LogP contribution in [-0.2, 0) is 11.3 Å². The highest BCUT2D eigenvalue weighted by Gasteiger charge is 2.22. The van der Waals surface area contributed by atoms with Gasteiger partial charge in [0.25, 0.3) is 0 Å². The molecule has 34 heavy (non-hydrogen) atoms. The molecule has 1 aromatic heterocycles. The minimum absolute atomic E-state index is 0.110. The molecular weight excluding hydrogens is 459 g/mol. The number of thioether (sulfide) groups is 1. The Morgan fingerprint density at radius 3 is 2.53 bits per heavy atom. The number of hydrogen-bond acceptors (Lipinski definition) is 7. The number of nitrogens with zero attached hydrogens (tertiary/aromatic N) is 3. The molecule has 2 aromatic carbocycles. The highest BCUT2D eigenvalue weighted by molar-refractivity contribution is 7.99. The number of hydrogen-bond donors (Lipinski definition) is 1. The molecule has 8 nitrogen and oxygen atoms in total. The summed E-state index contributed by atoms with van der Waals surface area (Å²) in [6.07, 6.45) is -0.535. The van der Waals surface area contributed by atoms with Gasteiger partial charge < -0.3 is 24.1 Å². The Hall–Kier alpha value is -3.27. The lowest BCUT2D eigenvalue weighted by atomic mass is 10.2. The third-order valence-electron chi connectivity index (χ3n) is 4.81. The van der Waals surface area contributed by atoms with Crippen LogP contribution in [0.3, 0.4) is 0 Å². The lowest BCUT2D eigenvalue weighted by Gasteiger charge is -2.18. The highest BCUT2D eigenvalue weighted by atomic mass is 32.2. The average molecular weight is 489 g/mol. The van der Waals surface area contributed by atoms with Crippen LogP contribution in [-0.4, -0.2) is 40.6 Å². The molecular formula is C24H29FN4O4S. The van der Waals surface area contributed by atoms with Crippen molar-refractivity contribution in [1.29, 1.82) is 0 Å². The lowest BCUT2D eigenvalue weighted by Crippen LogP contribution is -2.17. The van der Waals surface area contributed by atoms with Crippen molar-refractivity contribution in [3.63, 3.8) is 0 Å². The Kier molecular flexibility index (Phi) is 8.75. The molecule has 0 saturated carbocycles. The summed E-state index contributed by atoms with van der Waals surface area (Å²) in [6.45, 7) is 6.56. The fourth-order valence-electron chi connectivity index (χ4n) is 3.26. The van der Waals surface area contributed by atoms with Gasteiger partial charge in [-0.05, 0) is 37.1 Å². The van der Waals surface area contributed by atoms with Crippen LogP contribution in [0.5, 0.6) is 17.2 Å². The fourth-order valence-corrected chi connectivity index (χ4v) is 4.01. The molecule has 0 saturated heterocycles. The Bertz CT molecular complexity index is 1120. The molecule has 182 valence electrons. The molecule has 0 radical (unpaired) electrons. The highest BCUT2D eigenvalue weighted by Crippen LogP contribution is 2.30. The van der Waals surface area contributed by atoms with Gasteiger partial charge in [-0.15, -0.1) is 10.2 Å². The van der Waals surface area contributed by atoms with E-state index in [0.29, 0.717) is 40.6 Å². The molecule has 3 aromatic rings. The molecule has 0 aliphatic heterocycles. The van der Waals surface area contributed by atoms with Crippen LogP contribution in [0.4, 0.5) is 10.1 Å². The van der Waals surface area contributed by atoms with Gasteiger partial charge in [0.15, 0.2) is 28.7 Å². The van der Waals surface area contributed by atoms with Crippen LogP contribution in [0.1, 0.15) is 32.7 Å². The van der Waals surface area contributed by atoms with E-state index in [1.165, 1.54) is 24.9 Å². The maximum Gasteiger partial charge on any atom is 0.234 e. The van der Waals surface area contributed by atoms with E-state index in [1.54, 1.807) is 50.4 Å². The van der Waals surface area contributed by atoms with Gasteiger partial charge in [-0.2, -0.15) is 0 Å². The number of methoxy groups -OCH3 is 2. The number of halogens is 1. The first-order chi connectivity index (χ1) is 16.3. The smallest absolute Gasteiger partial charge is 0.234 e. The van der Waals surface area contributed by atoms with E-state index in [2.05, 4.69) is 29.4 Å². The molecule has 0 bridgehead atoms. The lowest BCUT2D eigenvalue weighted by molar-refractivity contribution is -0.113. The van der Waals surface area contributed by atoms with E-state index in [9.17, 15) is 9.18 Å². The summed E-state index contributed by atoms with van der Waals surface area (Å²) in [6, 6.07) is 11.4. The molecule has 3 rings (SSSR count). The van der Waals surface area contributed by atoms with Crippen molar-refractivity contribution in [2.45, 2.75) is 38.6 Å². The Balaban J connectivity index is 1.73. The third-order valence-corrected chi connectivity index (χ3v) is 5.78. The largest absolute Gasteiger partial charge is 0.497 e. The molecule has 0 aliphatic rings. The monoisotopic (exact) mass is 488 g/mol. The van der Waals surface area contributed by atoms with Crippen molar-refractivity contribution in [2.75, 3.05) is 25.3 Å². The molecule has 0 aliphatic carbocycles. The number of ether oxygens (including phenoxy) is 3. The van der Waals surface area contributed by atoms with Gasteiger partial charge in [-0.3, -0.25) is 4.79 Å². The second kappa shape index (κ2) is 11.7. The van der Waals surface area contributed by atoms with Gasteiger partial charge in [0.2, 0.25) is 5.91 Å². The van der Waals surface area contributed by atoms with E-state index in [4.69, 9.17) is 14.2 Å². The first-order valence-electron chi connectivity index (χ1n) is 10.8. The number of benzene rings is 2. The Morgan fingerprint density at radius 2 is 1.85 bits per heavy atom. The van der Waals surface area contributed by atoms with Gasteiger partial charge in [0.05, 0.1) is 25.7 Å². The van der Waals surface area contributed by atoms with Gasteiger partial charge >= 0.3 is 0 Å². The van der Waals surface area contributed by atoms with Crippen LogP contribution in [0, 0.1) is 11.7 Å². The van der Waals surface area contributed by atoms with Gasteiger partial charge in [-0.25, -0.2) is 4.39 Å². The number of nitrogens with one attached hydrogen (secondary N) is 1. The predicted octanol–water partition coefficient (Wildman–Crippen LogP) is 4.96. The zero-order valence-electron chi connectivity index (χ0n) is 19.9. The summed E-state index contributed by atoms with van der Waals surface area (Å²) < 4.78 is 32.3. The standard InChI is InChI=1S/C24H29FN4O4S/c1-15(2)13-29-23(16(3)33-20-9-7-6-8-18(20)25)27-28-24(29)34-14-22(30)26-19-12-17(31-4)10-11-21(19)32-5/h6-12,15-16H,13-14H2,1-5H3,(H,26,30). The number of para-hydroxylation sites is 1. The minimum Gasteiger partial charge on any atom is -0.497 e. The van der Waals surface area contributed by atoms with Crippen LogP contribution >= 0.6 is 11.8 Å². The van der Waals surface area contributed by atoms with Gasteiger partial charge in [0.1, 0.15) is 11.5 Å². The van der Waals surface area contributed by atoms with Gasteiger partial charge in [0, 0.05) is 12.6 Å². The molecule has 10 heteroatoms. The van der Waals surface area contributed by atoms with Crippen LogP contribution in [0.15, 0.2) is 47.6 Å². The number of carbonyl (C=O) groups is 1. The quantitative estimate of drug-likeness (QED) is 0.382. The SMILES string of the molecule is COc1ccc(OC)c(NC(=O)CSc2nnc(C(C)Oc3ccccc3F)n2CC(C)C)c1. The molecule has 1 amide bonds.